The summed E-state index contributed by atoms with van der Waals surface area (Å²) in [6.07, 6.45) is 3.15. The Labute approximate surface area is 210 Å². The van der Waals surface area contributed by atoms with Crippen LogP contribution in [0.5, 0.6) is 28.7 Å². The van der Waals surface area contributed by atoms with Gasteiger partial charge >= 0.3 is 0 Å². The SMILES string of the molecule is COc1cc([C@@H]2CN(C(=O)c3ccc4c(c3)OCO4)C[C@H]2C(=O)N2CCCCC2)cc(OC)c1OC. The van der Waals surface area contributed by atoms with Gasteiger partial charge < -0.3 is 33.5 Å². The zero-order valence-electron chi connectivity index (χ0n) is 21.0. The van der Waals surface area contributed by atoms with Crippen molar-refractivity contribution in [2.75, 3.05) is 54.3 Å². The molecule has 0 bridgehead atoms. The molecule has 2 aromatic rings. The topological polar surface area (TPSA) is 86.8 Å². The fourth-order valence-corrected chi connectivity index (χ4v) is 5.43. The van der Waals surface area contributed by atoms with Crippen molar-refractivity contribution in [2.24, 2.45) is 5.92 Å². The Balaban J connectivity index is 1.48. The summed E-state index contributed by atoms with van der Waals surface area (Å²) in [5.41, 5.74) is 1.38. The van der Waals surface area contributed by atoms with Crippen LogP contribution in [0.1, 0.15) is 41.1 Å². The van der Waals surface area contributed by atoms with Crippen molar-refractivity contribution in [3.8, 4) is 28.7 Å². The number of likely N-dealkylation sites (tertiary alicyclic amines) is 2. The Morgan fingerprint density at radius 3 is 2.19 bits per heavy atom. The third kappa shape index (κ3) is 4.38. The van der Waals surface area contributed by atoms with Gasteiger partial charge in [0, 0.05) is 37.7 Å². The maximum Gasteiger partial charge on any atom is 0.254 e. The van der Waals surface area contributed by atoms with Crippen molar-refractivity contribution in [3.63, 3.8) is 0 Å². The summed E-state index contributed by atoms with van der Waals surface area (Å²) in [6.45, 7) is 2.40. The van der Waals surface area contributed by atoms with Crippen molar-refractivity contribution >= 4 is 11.8 Å². The van der Waals surface area contributed by atoms with E-state index in [0.717, 1.165) is 37.9 Å². The van der Waals surface area contributed by atoms with E-state index in [0.29, 0.717) is 47.4 Å². The molecule has 2 saturated heterocycles. The van der Waals surface area contributed by atoms with E-state index in [2.05, 4.69) is 0 Å². The van der Waals surface area contributed by atoms with Gasteiger partial charge in [-0.25, -0.2) is 0 Å². The van der Waals surface area contributed by atoms with Crippen LogP contribution in [0.4, 0.5) is 0 Å². The third-order valence-corrected chi connectivity index (χ3v) is 7.33. The van der Waals surface area contributed by atoms with Gasteiger partial charge in [-0.3, -0.25) is 9.59 Å². The first-order valence-corrected chi connectivity index (χ1v) is 12.3. The van der Waals surface area contributed by atoms with Crippen LogP contribution in [-0.2, 0) is 4.79 Å². The second-order valence-corrected chi connectivity index (χ2v) is 9.34. The average Bonchev–Trinajstić information content (AvgIpc) is 3.59. The minimum atomic E-state index is -0.371. The zero-order chi connectivity index (χ0) is 25.2. The maximum atomic E-state index is 13.7. The molecule has 2 atom stereocenters. The number of carbonyl (C=O) groups excluding carboxylic acids is 2. The monoisotopic (exact) mass is 496 g/mol. The van der Waals surface area contributed by atoms with E-state index in [-0.39, 0.29) is 30.4 Å². The number of carbonyl (C=O) groups is 2. The largest absolute Gasteiger partial charge is 0.493 e. The normalized spacial score (nSPS) is 20.9. The van der Waals surface area contributed by atoms with Gasteiger partial charge in [0.15, 0.2) is 23.0 Å². The van der Waals surface area contributed by atoms with Gasteiger partial charge in [0.05, 0.1) is 27.2 Å². The van der Waals surface area contributed by atoms with E-state index < -0.39 is 0 Å². The molecular weight excluding hydrogens is 464 g/mol. The van der Waals surface area contributed by atoms with E-state index in [1.54, 1.807) is 44.4 Å². The molecule has 5 rings (SSSR count). The fourth-order valence-electron chi connectivity index (χ4n) is 5.43. The van der Waals surface area contributed by atoms with Gasteiger partial charge in [0.1, 0.15) is 0 Å². The van der Waals surface area contributed by atoms with E-state index >= 15 is 0 Å². The molecule has 0 spiro atoms. The van der Waals surface area contributed by atoms with Gasteiger partial charge in [-0.2, -0.15) is 0 Å². The molecule has 0 aromatic heterocycles. The molecule has 2 aromatic carbocycles. The highest BCUT2D eigenvalue weighted by Gasteiger charge is 2.43. The second-order valence-electron chi connectivity index (χ2n) is 9.34. The lowest BCUT2D eigenvalue weighted by molar-refractivity contribution is -0.136. The second kappa shape index (κ2) is 10.2. The third-order valence-electron chi connectivity index (χ3n) is 7.33. The van der Waals surface area contributed by atoms with Crippen LogP contribution in [-0.4, -0.2) is 75.9 Å². The number of piperidine rings is 1. The van der Waals surface area contributed by atoms with Gasteiger partial charge in [0.25, 0.3) is 5.91 Å². The minimum Gasteiger partial charge on any atom is -0.493 e. The molecule has 3 heterocycles. The molecule has 0 N–H and O–H groups in total. The number of benzene rings is 2. The summed E-state index contributed by atoms with van der Waals surface area (Å²) in [5, 5.41) is 0. The highest BCUT2D eigenvalue weighted by Crippen LogP contribution is 2.44. The summed E-state index contributed by atoms with van der Waals surface area (Å²) >= 11 is 0. The van der Waals surface area contributed by atoms with Crippen molar-refractivity contribution in [3.05, 3.63) is 41.5 Å². The molecule has 3 aliphatic rings. The Kier molecular flexibility index (Phi) is 6.80. The number of hydrogen-bond donors (Lipinski definition) is 0. The quantitative estimate of drug-likeness (QED) is 0.607. The smallest absolute Gasteiger partial charge is 0.254 e. The first-order valence-electron chi connectivity index (χ1n) is 12.3. The molecule has 2 amide bonds. The summed E-state index contributed by atoms with van der Waals surface area (Å²) in [7, 11) is 4.70. The number of hydrogen-bond acceptors (Lipinski definition) is 7. The fraction of sp³-hybridized carbons (Fsp3) is 0.481. The van der Waals surface area contributed by atoms with Crippen LogP contribution in [0.3, 0.4) is 0 Å². The lowest BCUT2D eigenvalue weighted by atomic mass is 9.87. The summed E-state index contributed by atoms with van der Waals surface area (Å²) in [6, 6.07) is 8.97. The van der Waals surface area contributed by atoms with Crippen molar-refractivity contribution in [2.45, 2.75) is 25.2 Å². The first kappa shape index (κ1) is 24.1. The van der Waals surface area contributed by atoms with Gasteiger partial charge in [-0.05, 0) is 55.2 Å². The highest BCUT2D eigenvalue weighted by atomic mass is 16.7. The molecule has 3 aliphatic heterocycles. The Morgan fingerprint density at radius 2 is 1.53 bits per heavy atom. The van der Waals surface area contributed by atoms with Crippen LogP contribution in [0.25, 0.3) is 0 Å². The van der Waals surface area contributed by atoms with Crippen LogP contribution in [0, 0.1) is 5.92 Å². The van der Waals surface area contributed by atoms with Crippen LogP contribution in [0.15, 0.2) is 30.3 Å². The lowest BCUT2D eigenvalue weighted by Crippen LogP contribution is -2.42. The average molecular weight is 497 g/mol. The van der Waals surface area contributed by atoms with Crippen molar-refractivity contribution < 1.29 is 33.3 Å². The molecule has 0 unspecified atom stereocenters. The van der Waals surface area contributed by atoms with E-state index in [1.165, 1.54) is 0 Å². The molecule has 0 radical (unpaired) electrons. The number of fused-ring (bicyclic) bond motifs is 1. The highest BCUT2D eigenvalue weighted by molar-refractivity contribution is 5.96. The van der Waals surface area contributed by atoms with Crippen molar-refractivity contribution in [1.82, 2.24) is 9.80 Å². The Hall–Kier alpha value is -3.62. The summed E-state index contributed by atoms with van der Waals surface area (Å²) < 4.78 is 27.5. The number of amides is 2. The van der Waals surface area contributed by atoms with Gasteiger partial charge in [-0.1, -0.05) is 0 Å². The van der Waals surface area contributed by atoms with Crippen molar-refractivity contribution in [1.29, 1.82) is 0 Å². The molecular formula is C27H32N2O7. The number of methoxy groups -OCH3 is 3. The predicted molar refractivity (Wildman–Crippen MR) is 131 cm³/mol. The summed E-state index contributed by atoms with van der Waals surface area (Å²) in [5.74, 6) is 2.09. The lowest BCUT2D eigenvalue weighted by Gasteiger charge is -2.31. The molecule has 192 valence electrons. The number of ether oxygens (including phenoxy) is 5. The van der Waals surface area contributed by atoms with Crippen LogP contribution >= 0.6 is 0 Å². The molecule has 36 heavy (non-hydrogen) atoms. The van der Waals surface area contributed by atoms with Gasteiger partial charge in [0.2, 0.25) is 18.4 Å². The Bertz CT molecular complexity index is 1120. The Morgan fingerprint density at radius 1 is 0.833 bits per heavy atom. The van der Waals surface area contributed by atoms with Crippen LogP contribution < -0.4 is 23.7 Å². The number of nitrogens with zero attached hydrogens (tertiary/aromatic N) is 2. The van der Waals surface area contributed by atoms with Crippen LogP contribution in [0.2, 0.25) is 0 Å². The molecule has 9 nitrogen and oxygen atoms in total. The molecule has 9 heteroatoms. The predicted octanol–water partition coefficient (Wildman–Crippen LogP) is 3.31. The minimum absolute atomic E-state index is 0.0921. The summed E-state index contributed by atoms with van der Waals surface area (Å²) in [4.78, 5) is 31.0. The van der Waals surface area contributed by atoms with Gasteiger partial charge in [-0.15, -0.1) is 0 Å². The zero-order valence-corrected chi connectivity index (χ0v) is 21.0. The van der Waals surface area contributed by atoms with E-state index in [4.69, 9.17) is 23.7 Å². The number of rotatable bonds is 6. The molecule has 0 aliphatic carbocycles. The molecule has 0 saturated carbocycles. The molecule has 2 fully saturated rings. The maximum absolute atomic E-state index is 13.7. The van der Waals surface area contributed by atoms with E-state index in [9.17, 15) is 9.59 Å². The van der Waals surface area contributed by atoms with E-state index in [1.807, 2.05) is 17.0 Å². The first-order chi connectivity index (χ1) is 17.5. The standard InChI is InChI=1S/C27H32N2O7/c1-32-23-12-18(13-24(33-2)25(23)34-3)19-14-29(15-20(19)27(31)28-9-5-4-6-10-28)26(30)17-7-8-21-22(11-17)36-16-35-21/h7-8,11-13,19-20H,4-6,9-10,14-16H2,1-3H3/t19-,20+/m0/s1.